The fourth-order valence-electron chi connectivity index (χ4n) is 0.573. The van der Waals surface area contributed by atoms with E-state index in [1.165, 1.54) is 12.1 Å². The molecule has 0 bridgehead atoms. The lowest BCUT2D eigenvalue weighted by Gasteiger charge is -2.01. The van der Waals surface area contributed by atoms with Crippen LogP contribution in [0.2, 0.25) is 0 Å². The first-order chi connectivity index (χ1) is 7.58. The Morgan fingerprint density at radius 1 is 1.50 bits per heavy atom. The van der Waals surface area contributed by atoms with Crippen molar-refractivity contribution in [3.05, 3.63) is 30.3 Å². The lowest BCUT2D eigenvalue weighted by Crippen LogP contribution is -1.93. The van der Waals surface area contributed by atoms with Crippen LogP contribution in [-0.4, -0.2) is 6.56 Å². The molecule has 10 heavy (non-hydrogen) atoms. The molecule has 0 aliphatic rings. The molecule has 0 amide bonds. The maximum atomic E-state index is 7.43. The highest BCUT2D eigenvalue weighted by Gasteiger charge is 1.86. The largest absolute Gasteiger partial charge is 0.494 e. The Morgan fingerprint density at radius 2 is 2.30 bits per heavy atom. The van der Waals surface area contributed by atoms with Crippen LogP contribution >= 0.6 is 0 Å². The number of hydrogen-bond acceptors (Lipinski definition) is 1. The van der Waals surface area contributed by atoms with E-state index in [1.807, 2.05) is 0 Å². The number of rotatable bonds is 3. The Balaban J connectivity index is 2.96. The molecule has 0 fully saturated rings. The minimum Gasteiger partial charge on any atom is -0.494 e. The zero-order valence-corrected chi connectivity index (χ0v) is 5.29. The van der Waals surface area contributed by atoms with Crippen molar-refractivity contribution in [2.24, 2.45) is 0 Å². The summed E-state index contributed by atoms with van der Waals surface area (Å²) in [7, 11) is 0. The van der Waals surface area contributed by atoms with Gasteiger partial charge in [0.05, 0.1) is 9.30 Å². The Labute approximate surface area is 71.5 Å². The molecule has 0 aliphatic carbocycles. The highest BCUT2D eigenvalue weighted by atomic mass is 16.5. The second-order valence-corrected chi connectivity index (χ2v) is 1.64. The van der Waals surface area contributed by atoms with Crippen molar-refractivity contribution in [2.75, 3.05) is 6.56 Å². The van der Waals surface area contributed by atoms with Gasteiger partial charge in [0.2, 0.25) is 0 Å². The molecule has 1 aromatic rings. The minimum atomic E-state index is -3.11. The molecular formula is C9H12O. The maximum absolute atomic E-state index is 7.43. The van der Waals surface area contributed by atoms with Crippen molar-refractivity contribution >= 4 is 0 Å². The van der Waals surface area contributed by atoms with Crippen LogP contribution in [0.5, 0.6) is 5.75 Å². The van der Waals surface area contributed by atoms with Gasteiger partial charge in [-0.25, -0.2) is 0 Å². The van der Waals surface area contributed by atoms with Gasteiger partial charge in [0.1, 0.15) is 5.75 Å². The summed E-state index contributed by atoms with van der Waals surface area (Å²) in [5, 5.41) is 0. The summed E-state index contributed by atoms with van der Waals surface area (Å²) in [6, 6.07) is 7.69. The number of ether oxygens (including phenoxy) is 1. The Kier molecular flexibility index (Phi) is 0.890. The highest BCUT2D eigenvalue weighted by Crippen LogP contribution is 2.07. The quantitative estimate of drug-likeness (QED) is 0.631. The molecule has 0 radical (unpaired) electrons. The van der Waals surface area contributed by atoms with Crippen LogP contribution in [-0.2, 0) is 0 Å². The predicted octanol–water partition coefficient (Wildman–Crippen LogP) is 2.48. The zero-order valence-electron chi connectivity index (χ0n) is 12.3. The van der Waals surface area contributed by atoms with Gasteiger partial charge in [-0.15, -0.1) is 0 Å². The van der Waals surface area contributed by atoms with Crippen LogP contribution in [0.15, 0.2) is 30.3 Å². The molecule has 0 atom stereocenters. The zero-order chi connectivity index (χ0) is 13.3. The average Bonchev–Trinajstić information content (AvgIpc) is 2.16. The summed E-state index contributed by atoms with van der Waals surface area (Å²) in [6.45, 7) is -6.05. The SMILES string of the molecule is [2H]C([2H])([2H])C([2H])([2H])C([2H])([2H])Oc1ccccc1. The van der Waals surface area contributed by atoms with Gasteiger partial charge in [-0.3, -0.25) is 0 Å². The van der Waals surface area contributed by atoms with Crippen molar-refractivity contribution in [2.45, 2.75) is 13.2 Å². The van der Waals surface area contributed by atoms with E-state index in [0.29, 0.717) is 0 Å². The highest BCUT2D eigenvalue weighted by molar-refractivity contribution is 5.20. The van der Waals surface area contributed by atoms with E-state index in [4.69, 9.17) is 14.3 Å². The van der Waals surface area contributed by atoms with Crippen molar-refractivity contribution in [1.29, 1.82) is 0 Å². The number of hydrogen-bond donors (Lipinski definition) is 0. The van der Waals surface area contributed by atoms with E-state index in [2.05, 4.69) is 0 Å². The molecule has 1 rings (SSSR count). The molecule has 0 saturated carbocycles. The van der Waals surface area contributed by atoms with Crippen molar-refractivity contribution in [3.8, 4) is 5.75 Å². The molecule has 0 N–H and O–H groups in total. The predicted molar refractivity (Wildman–Crippen MR) is 42.2 cm³/mol. The van der Waals surface area contributed by atoms with Crippen molar-refractivity contribution in [1.82, 2.24) is 0 Å². The molecule has 1 nitrogen and oxygen atoms in total. The van der Waals surface area contributed by atoms with Crippen LogP contribution in [0.4, 0.5) is 0 Å². The standard InChI is InChI=1S/C9H12O/c1-2-8-10-9-6-4-3-5-7-9/h3-7H,2,8H2,1H3/i1D3,2D2,8D2. The lowest BCUT2D eigenvalue weighted by molar-refractivity contribution is 0.317. The van der Waals surface area contributed by atoms with Crippen LogP contribution in [0.25, 0.3) is 0 Å². The summed E-state index contributed by atoms with van der Waals surface area (Å²) in [6.07, 6.45) is -3.10. The Morgan fingerprint density at radius 3 is 3.00 bits per heavy atom. The number of para-hydroxylation sites is 1. The molecule has 0 saturated heterocycles. The van der Waals surface area contributed by atoms with Crippen molar-refractivity contribution in [3.63, 3.8) is 0 Å². The molecule has 1 heteroatoms. The molecule has 0 unspecified atom stereocenters. The third-order valence-electron chi connectivity index (χ3n) is 0.963. The molecule has 0 heterocycles. The maximum Gasteiger partial charge on any atom is 0.119 e. The van der Waals surface area contributed by atoms with Gasteiger partial charge < -0.3 is 4.74 Å². The second-order valence-electron chi connectivity index (χ2n) is 1.64. The second kappa shape index (κ2) is 3.94. The van der Waals surface area contributed by atoms with Gasteiger partial charge in [-0.2, -0.15) is 0 Å². The molecular weight excluding hydrogens is 124 g/mol. The van der Waals surface area contributed by atoms with Gasteiger partial charge in [0.25, 0.3) is 0 Å². The van der Waals surface area contributed by atoms with Gasteiger partial charge in [-0.05, 0) is 18.5 Å². The summed E-state index contributed by atoms with van der Waals surface area (Å²) in [5.41, 5.74) is 0. The molecule has 0 spiro atoms. The Bertz CT molecular complexity index is 371. The molecule has 0 aromatic heterocycles. The van der Waals surface area contributed by atoms with Crippen LogP contribution in [0.3, 0.4) is 0 Å². The van der Waals surface area contributed by atoms with E-state index in [1.54, 1.807) is 18.2 Å². The van der Waals surface area contributed by atoms with Gasteiger partial charge >= 0.3 is 0 Å². The minimum absolute atomic E-state index is 0.0747. The van der Waals surface area contributed by atoms with Crippen molar-refractivity contribution < 1.29 is 14.3 Å². The fourth-order valence-corrected chi connectivity index (χ4v) is 0.573. The lowest BCUT2D eigenvalue weighted by atomic mass is 10.3. The van der Waals surface area contributed by atoms with E-state index >= 15 is 0 Å². The first kappa shape index (κ1) is 2.26. The van der Waals surface area contributed by atoms with E-state index in [0.717, 1.165) is 0 Å². The monoisotopic (exact) mass is 143 g/mol. The summed E-state index contributed by atoms with van der Waals surface area (Å²) < 4.78 is 55.3. The summed E-state index contributed by atoms with van der Waals surface area (Å²) in [5.74, 6) is 0.0747. The number of benzene rings is 1. The Hall–Kier alpha value is -0.980. The van der Waals surface area contributed by atoms with Crippen LogP contribution < -0.4 is 4.74 Å². The van der Waals surface area contributed by atoms with E-state index in [-0.39, 0.29) is 5.75 Å². The van der Waals surface area contributed by atoms with Crippen LogP contribution in [0, 0.1) is 0 Å². The average molecular weight is 143 g/mol. The molecule has 0 aliphatic heterocycles. The molecule has 1 aromatic carbocycles. The van der Waals surface area contributed by atoms with Gasteiger partial charge in [-0.1, -0.05) is 25.1 Å². The van der Waals surface area contributed by atoms with Gasteiger partial charge in [0, 0.05) is 6.85 Å². The van der Waals surface area contributed by atoms with E-state index < -0.39 is 19.8 Å². The van der Waals surface area contributed by atoms with Crippen LogP contribution in [0.1, 0.15) is 22.8 Å². The first-order valence-corrected chi connectivity index (χ1v) is 2.82. The topological polar surface area (TPSA) is 9.23 Å². The third kappa shape index (κ3) is 2.09. The smallest absolute Gasteiger partial charge is 0.119 e. The fraction of sp³-hybridized carbons (Fsp3) is 0.333. The van der Waals surface area contributed by atoms with Gasteiger partial charge in [0.15, 0.2) is 0 Å². The third-order valence-corrected chi connectivity index (χ3v) is 0.963. The molecule has 54 valence electrons. The first-order valence-electron chi connectivity index (χ1n) is 6.32. The normalized spacial score (nSPS) is 23.8. The van der Waals surface area contributed by atoms with E-state index in [9.17, 15) is 0 Å². The summed E-state index contributed by atoms with van der Waals surface area (Å²) >= 11 is 0. The summed E-state index contributed by atoms with van der Waals surface area (Å²) in [4.78, 5) is 0.